The summed E-state index contributed by atoms with van der Waals surface area (Å²) in [4.78, 5) is 0. The molecule has 0 saturated heterocycles. The Hall–Kier alpha value is -0.520. The van der Waals surface area contributed by atoms with E-state index < -0.39 is 0 Å². The Kier molecular flexibility index (Phi) is 5.64. The highest BCUT2D eigenvalue weighted by molar-refractivity contribution is 5.07. The van der Waals surface area contributed by atoms with Gasteiger partial charge < -0.3 is 0 Å². The Balaban J connectivity index is 0.000000132. The summed E-state index contributed by atoms with van der Waals surface area (Å²) in [5.74, 6) is 0. The normalized spacial score (nSPS) is 20.5. The third kappa shape index (κ3) is 4.92. The van der Waals surface area contributed by atoms with Crippen LogP contribution in [0.25, 0.3) is 0 Å². The molecule has 0 fully saturated rings. The van der Waals surface area contributed by atoms with Crippen LogP contribution in [0.5, 0.6) is 0 Å². The van der Waals surface area contributed by atoms with Crippen molar-refractivity contribution >= 4 is 0 Å². The van der Waals surface area contributed by atoms with Crippen molar-refractivity contribution in [3.05, 3.63) is 30.7 Å². The molecule has 0 unspecified atom stereocenters. The maximum Gasteiger partial charge on any atom is -0.0279 e. The first-order valence-electron chi connectivity index (χ1n) is 5.45. The van der Waals surface area contributed by atoms with Gasteiger partial charge in [-0.1, -0.05) is 17.7 Å². The molecule has 2 aliphatic carbocycles. The van der Waals surface area contributed by atoms with Gasteiger partial charge in [0.15, 0.2) is 0 Å². The molecule has 0 aliphatic heterocycles. The van der Waals surface area contributed by atoms with Gasteiger partial charge in [0, 0.05) is 0 Å². The van der Waals surface area contributed by atoms with Gasteiger partial charge in [0.2, 0.25) is 0 Å². The summed E-state index contributed by atoms with van der Waals surface area (Å²) in [5, 5.41) is 0. The van der Waals surface area contributed by atoms with Gasteiger partial charge in [0.1, 0.15) is 0 Å². The van der Waals surface area contributed by atoms with Crippen LogP contribution in [0.1, 0.15) is 51.4 Å². The van der Waals surface area contributed by atoms with E-state index in [1.54, 1.807) is 5.57 Å². The Bertz CT molecular complexity index is 166. The van der Waals surface area contributed by atoms with Gasteiger partial charge in [-0.3, -0.25) is 0 Å². The van der Waals surface area contributed by atoms with Crippen LogP contribution >= 0.6 is 0 Å². The average Bonchev–Trinajstić information content (AvgIpc) is 2.74. The van der Waals surface area contributed by atoms with Crippen molar-refractivity contribution in [1.29, 1.82) is 0 Å². The number of rotatable bonds is 1. The van der Waals surface area contributed by atoms with Gasteiger partial charge in [0.05, 0.1) is 0 Å². The molecule has 2 rings (SSSR count). The monoisotopic (exact) mass is 176 g/mol. The Morgan fingerprint density at radius 3 is 2.38 bits per heavy atom. The first-order chi connectivity index (χ1) is 6.43. The van der Waals surface area contributed by atoms with Crippen molar-refractivity contribution in [2.45, 2.75) is 51.4 Å². The van der Waals surface area contributed by atoms with Crippen molar-refractivity contribution in [3.8, 4) is 0 Å². The largest absolute Gasteiger partial charge is 0.0853 e. The minimum absolute atomic E-state index is 1.03. The highest BCUT2D eigenvalue weighted by Crippen LogP contribution is 2.19. The minimum atomic E-state index is 1.03. The Morgan fingerprint density at radius 2 is 2.15 bits per heavy atom. The van der Waals surface area contributed by atoms with E-state index in [1.165, 1.54) is 44.9 Å². The summed E-state index contributed by atoms with van der Waals surface area (Å²) >= 11 is 0. The summed E-state index contributed by atoms with van der Waals surface area (Å²) in [6.45, 7) is 3.80. The molecule has 0 saturated carbocycles. The molecule has 0 bridgehead atoms. The predicted octanol–water partition coefficient (Wildman–Crippen LogP) is 4.24. The van der Waals surface area contributed by atoms with Crippen molar-refractivity contribution in [1.82, 2.24) is 0 Å². The van der Waals surface area contributed by atoms with E-state index >= 15 is 0 Å². The zero-order valence-corrected chi connectivity index (χ0v) is 8.52. The van der Waals surface area contributed by atoms with E-state index in [9.17, 15) is 0 Å². The van der Waals surface area contributed by atoms with Crippen molar-refractivity contribution in [3.63, 3.8) is 0 Å². The zero-order valence-electron chi connectivity index (χ0n) is 8.52. The van der Waals surface area contributed by atoms with Crippen LogP contribution in [0.4, 0.5) is 0 Å². The molecule has 0 amide bonds. The molecule has 0 N–H and O–H groups in total. The minimum Gasteiger partial charge on any atom is -0.0853 e. The predicted molar refractivity (Wildman–Crippen MR) is 58.2 cm³/mol. The molecule has 2 radical (unpaired) electrons. The highest BCUT2D eigenvalue weighted by Gasteiger charge is 1.99. The first-order valence-corrected chi connectivity index (χ1v) is 5.45. The van der Waals surface area contributed by atoms with E-state index in [2.05, 4.69) is 25.2 Å². The molecule has 0 aromatic carbocycles. The Morgan fingerprint density at radius 1 is 1.23 bits per heavy atom. The highest BCUT2D eigenvalue weighted by atomic mass is 14.1. The molecule has 13 heavy (non-hydrogen) atoms. The molecule has 72 valence electrons. The summed E-state index contributed by atoms with van der Waals surface area (Å²) in [5.41, 5.74) is 1.56. The van der Waals surface area contributed by atoms with E-state index in [0.717, 1.165) is 6.42 Å². The van der Waals surface area contributed by atoms with Gasteiger partial charge in [-0.2, -0.15) is 0 Å². The standard InChI is InChI=1S/C7H11.C6H9/c1-2-7-5-3-4-6-7;1-2-4-6-5-3-1/h5H,1-4,6H2;1H,2,4-6H2. The quantitative estimate of drug-likeness (QED) is 0.524. The second kappa shape index (κ2) is 6.94. The molecule has 0 atom stereocenters. The lowest BCUT2D eigenvalue weighted by Crippen LogP contribution is -1.78. The lowest BCUT2D eigenvalue weighted by molar-refractivity contribution is 0.718. The maximum absolute atomic E-state index is 3.80. The molecule has 0 aromatic heterocycles. The molecule has 0 nitrogen and oxygen atoms in total. The van der Waals surface area contributed by atoms with E-state index in [-0.39, 0.29) is 0 Å². The second-order valence-electron chi connectivity index (χ2n) is 3.66. The summed E-state index contributed by atoms with van der Waals surface area (Å²) < 4.78 is 0. The smallest absolute Gasteiger partial charge is 0.0279 e. The average molecular weight is 176 g/mol. The first kappa shape index (κ1) is 10.6. The van der Waals surface area contributed by atoms with E-state index in [4.69, 9.17) is 0 Å². The van der Waals surface area contributed by atoms with Crippen LogP contribution in [-0.2, 0) is 0 Å². The van der Waals surface area contributed by atoms with Crippen LogP contribution in [0.2, 0.25) is 0 Å². The fraction of sp³-hybridized carbons (Fsp3) is 0.615. The topological polar surface area (TPSA) is 0 Å². The molecular formula is C13H20. The van der Waals surface area contributed by atoms with Gasteiger partial charge in [-0.25, -0.2) is 0 Å². The number of hydrogen-bond donors (Lipinski definition) is 0. The summed E-state index contributed by atoms with van der Waals surface area (Å²) in [6.07, 6.45) is 17.8. The van der Waals surface area contributed by atoms with Gasteiger partial charge >= 0.3 is 0 Å². The van der Waals surface area contributed by atoms with Crippen LogP contribution in [-0.4, -0.2) is 0 Å². The number of hydrogen-bond acceptors (Lipinski definition) is 0. The van der Waals surface area contributed by atoms with Crippen molar-refractivity contribution < 1.29 is 0 Å². The summed E-state index contributed by atoms with van der Waals surface area (Å²) in [6, 6.07) is 0. The molecular weight excluding hydrogens is 156 g/mol. The third-order valence-corrected chi connectivity index (χ3v) is 2.52. The zero-order chi connectivity index (χ0) is 9.36. The lowest BCUT2D eigenvalue weighted by atomic mass is 10.1. The van der Waals surface area contributed by atoms with Crippen LogP contribution in [0, 0.1) is 13.0 Å². The second-order valence-corrected chi connectivity index (χ2v) is 3.66. The van der Waals surface area contributed by atoms with Crippen LogP contribution in [0.15, 0.2) is 17.7 Å². The lowest BCUT2D eigenvalue weighted by Gasteiger charge is -1.96. The van der Waals surface area contributed by atoms with Crippen molar-refractivity contribution in [2.75, 3.05) is 0 Å². The van der Waals surface area contributed by atoms with Crippen LogP contribution in [0.3, 0.4) is 0 Å². The van der Waals surface area contributed by atoms with Crippen molar-refractivity contribution in [2.24, 2.45) is 0 Å². The van der Waals surface area contributed by atoms with Crippen LogP contribution < -0.4 is 0 Å². The molecule has 0 aromatic rings. The molecule has 0 heteroatoms. The molecule has 2 aliphatic rings. The van der Waals surface area contributed by atoms with E-state index in [1.807, 2.05) is 0 Å². The Labute approximate surface area is 82.7 Å². The summed E-state index contributed by atoms with van der Waals surface area (Å²) in [7, 11) is 0. The fourth-order valence-corrected chi connectivity index (χ4v) is 1.64. The molecule has 0 heterocycles. The van der Waals surface area contributed by atoms with Gasteiger partial charge in [-0.05, 0) is 64.4 Å². The molecule has 0 spiro atoms. The number of allylic oxidation sites excluding steroid dienone is 4. The maximum atomic E-state index is 3.80. The fourth-order valence-electron chi connectivity index (χ4n) is 1.64. The van der Waals surface area contributed by atoms with Gasteiger partial charge in [0.25, 0.3) is 0 Å². The third-order valence-electron chi connectivity index (χ3n) is 2.52. The SMILES string of the molecule is [CH2]CC1=CCCC1.[C]1=CCCCC1. The van der Waals surface area contributed by atoms with E-state index in [0.29, 0.717) is 0 Å². The van der Waals surface area contributed by atoms with Gasteiger partial charge in [-0.15, -0.1) is 0 Å².